The van der Waals surface area contributed by atoms with Crippen molar-refractivity contribution >= 4 is 24.0 Å². The van der Waals surface area contributed by atoms with Crippen LogP contribution >= 0.6 is 12.4 Å². The Balaban J connectivity index is 0.00000120. The largest absolute Gasteiger partial charge is 0.351 e. The van der Waals surface area contributed by atoms with Crippen molar-refractivity contribution in [3.05, 3.63) is 28.1 Å². The zero-order chi connectivity index (χ0) is 12.0. The van der Waals surface area contributed by atoms with Crippen molar-refractivity contribution < 1.29 is 9.72 Å². The predicted molar refractivity (Wildman–Crippen MR) is 65.8 cm³/mol. The van der Waals surface area contributed by atoms with Crippen molar-refractivity contribution in [1.29, 1.82) is 0 Å². The lowest BCUT2D eigenvalue weighted by Gasteiger charge is -2.05. The van der Waals surface area contributed by atoms with Gasteiger partial charge >= 0.3 is 0 Å². The molecule has 1 aliphatic heterocycles. The molecule has 98 valence electrons. The maximum absolute atomic E-state index is 11.8. The number of aromatic nitrogens is 1. The van der Waals surface area contributed by atoms with Crippen molar-refractivity contribution in [2.45, 2.75) is 6.04 Å². The molecule has 2 unspecified atom stereocenters. The van der Waals surface area contributed by atoms with Crippen LogP contribution in [0.5, 0.6) is 0 Å². The molecule has 0 bridgehead atoms. The molecular weight excluding hydrogens is 260 g/mol. The summed E-state index contributed by atoms with van der Waals surface area (Å²) in [4.78, 5) is 24.3. The van der Waals surface area contributed by atoms with E-state index in [1.54, 1.807) is 0 Å². The molecule has 0 radical (unpaired) electrons. The van der Waals surface area contributed by atoms with Gasteiger partial charge in [-0.1, -0.05) is 0 Å². The van der Waals surface area contributed by atoms with Gasteiger partial charge in [0.05, 0.1) is 11.1 Å². The van der Waals surface area contributed by atoms with Crippen molar-refractivity contribution in [3.8, 4) is 0 Å². The second-order valence-electron chi connectivity index (χ2n) is 4.51. The van der Waals surface area contributed by atoms with Gasteiger partial charge in [0.1, 0.15) is 5.69 Å². The highest BCUT2D eigenvalue weighted by atomic mass is 35.5. The Morgan fingerprint density at radius 1 is 1.44 bits per heavy atom. The highest BCUT2D eigenvalue weighted by Gasteiger charge is 2.53. The molecule has 1 aromatic rings. The molecule has 2 heterocycles. The fraction of sp³-hybridized carbons (Fsp3) is 0.500. The van der Waals surface area contributed by atoms with E-state index in [2.05, 4.69) is 15.6 Å². The molecule has 1 aliphatic carbocycles. The number of aromatic amines is 1. The van der Waals surface area contributed by atoms with E-state index in [4.69, 9.17) is 0 Å². The molecule has 0 spiro atoms. The van der Waals surface area contributed by atoms with Crippen LogP contribution in [0.2, 0.25) is 0 Å². The number of rotatable bonds is 3. The summed E-state index contributed by atoms with van der Waals surface area (Å²) in [5.41, 5.74) is 0.155. The number of H-pyrrole nitrogens is 1. The van der Waals surface area contributed by atoms with Gasteiger partial charge in [-0.2, -0.15) is 0 Å². The molecule has 2 atom stereocenters. The summed E-state index contributed by atoms with van der Waals surface area (Å²) in [7, 11) is 0. The van der Waals surface area contributed by atoms with E-state index >= 15 is 0 Å². The molecule has 3 N–H and O–H groups in total. The van der Waals surface area contributed by atoms with Crippen LogP contribution in [-0.2, 0) is 0 Å². The lowest BCUT2D eigenvalue weighted by atomic mass is 10.3. The second-order valence-corrected chi connectivity index (χ2v) is 4.51. The van der Waals surface area contributed by atoms with Crippen LogP contribution in [0.3, 0.4) is 0 Å². The highest BCUT2D eigenvalue weighted by molar-refractivity contribution is 5.93. The lowest BCUT2D eigenvalue weighted by Crippen LogP contribution is -2.32. The van der Waals surface area contributed by atoms with Crippen molar-refractivity contribution in [2.24, 2.45) is 11.8 Å². The van der Waals surface area contributed by atoms with Crippen LogP contribution in [0.15, 0.2) is 12.3 Å². The maximum Gasteiger partial charge on any atom is 0.287 e. The number of hydrogen-bond acceptors (Lipinski definition) is 4. The lowest BCUT2D eigenvalue weighted by molar-refractivity contribution is -0.384. The number of hydrogen-bond donors (Lipinski definition) is 3. The van der Waals surface area contributed by atoms with E-state index in [1.165, 1.54) is 12.3 Å². The maximum atomic E-state index is 11.8. The molecular formula is C10H13ClN4O3. The molecule has 0 aromatic carbocycles. The van der Waals surface area contributed by atoms with Gasteiger partial charge in [0, 0.05) is 25.2 Å². The first kappa shape index (κ1) is 12.8. The summed E-state index contributed by atoms with van der Waals surface area (Å²) >= 11 is 0. The van der Waals surface area contributed by atoms with Gasteiger partial charge in [-0.05, 0) is 11.8 Å². The third-order valence-electron chi connectivity index (χ3n) is 3.51. The highest BCUT2D eigenvalue weighted by Crippen LogP contribution is 2.41. The van der Waals surface area contributed by atoms with E-state index < -0.39 is 4.92 Å². The molecule has 7 nitrogen and oxygen atoms in total. The Kier molecular flexibility index (Phi) is 3.27. The predicted octanol–water partition coefficient (Wildman–Crippen LogP) is 0.292. The first-order valence-electron chi connectivity index (χ1n) is 5.51. The Labute approximate surface area is 109 Å². The monoisotopic (exact) mass is 272 g/mol. The van der Waals surface area contributed by atoms with Gasteiger partial charge in [0.15, 0.2) is 0 Å². The molecule has 1 saturated heterocycles. The summed E-state index contributed by atoms with van der Waals surface area (Å²) in [5.74, 6) is 0.797. The number of nitrogens with one attached hydrogen (secondary N) is 3. The van der Waals surface area contributed by atoms with Crippen LogP contribution in [0.4, 0.5) is 5.69 Å². The Morgan fingerprint density at radius 2 is 2.11 bits per heavy atom. The van der Waals surface area contributed by atoms with Crippen molar-refractivity contribution in [3.63, 3.8) is 0 Å². The third-order valence-corrected chi connectivity index (χ3v) is 3.51. The van der Waals surface area contributed by atoms with Gasteiger partial charge in [0.25, 0.3) is 11.6 Å². The van der Waals surface area contributed by atoms with Gasteiger partial charge in [-0.25, -0.2) is 0 Å². The van der Waals surface area contributed by atoms with Crippen molar-refractivity contribution in [1.82, 2.24) is 15.6 Å². The number of halogens is 1. The zero-order valence-corrected chi connectivity index (χ0v) is 10.2. The first-order chi connectivity index (χ1) is 8.16. The fourth-order valence-corrected chi connectivity index (χ4v) is 2.48. The van der Waals surface area contributed by atoms with Gasteiger partial charge in [-0.3, -0.25) is 14.9 Å². The van der Waals surface area contributed by atoms with E-state index in [9.17, 15) is 14.9 Å². The fourth-order valence-electron chi connectivity index (χ4n) is 2.48. The number of piperidine rings is 1. The zero-order valence-electron chi connectivity index (χ0n) is 9.38. The Bertz CT molecular complexity index is 479. The van der Waals surface area contributed by atoms with Crippen LogP contribution in [0.1, 0.15) is 10.5 Å². The average molecular weight is 273 g/mol. The van der Waals surface area contributed by atoms with Crippen LogP contribution in [0, 0.1) is 22.0 Å². The summed E-state index contributed by atoms with van der Waals surface area (Å²) < 4.78 is 0. The second kappa shape index (κ2) is 4.58. The molecule has 2 aliphatic rings. The summed E-state index contributed by atoms with van der Waals surface area (Å²) in [6.07, 6.45) is 1.23. The Hall–Kier alpha value is -1.60. The summed E-state index contributed by atoms with van der Waals surface area (Å²) in [5, 5.41) is 16.6. The van der Waals surface area contributed by atoms with Crippen molar-refractivity contribution in [2.75, 3.05) is 13.1 Å². The van der Waals surface area contributed by atoms with Crippen LogP contribution < -0.4 is 10.6 Å². The minimum absolute atomic E-state index is 0. The number of nitro groups is 1. The third kappa shape index (κ3) is 2.06. The van der Waals surface area contributed by atoms with E-state index in [-0.39, 0.29) is 35.7 Å². The quantitative estimate of drug-likeness (QED) is 0.544. The topological polar surface area (TPSA) is 100 Å². The number of fused-ring (bicyclic) bond motifs is 1. The molecule has 8 heteroatoms. The summed E-state index contributed by atoms with van der Waals surface area (Å²) in [6, 6.07) is 1.48. The molecule has 1 saturated carbocycles. The molecule has 2 fully saturated rings. The average Bonchev–Trinajstić information content (AvgIpc) is 2.82. The van der Waals surface area contributed by atoms with Gasteiger partial charge in [0.2, 0.25) is 0 Å². The van der Waals surface area contributed by atoms with Crippen LogP contribution in [-0.4, -0.2) is 34.9 Å². The molecule has 3 rings (SSSR count). The smallest absolute Gasteiger partial charge is 0.287 e. The van der Waals surface area contributed by atoms with Crippen LogP contribution in [0.25, 0.3) is 0 Å². The number of carbonyl (C=O) groups is 1. The SMILES string of the molecule is Cl.O=C(NC1C2CNCC21)c1cc([N+](=O)[O-])c[nH]1. The Morgan fingerprint density at radius 3 is 2.67 bits per heavy atom. The van der Waals surface area contributed by atoms with Gasteiger partial charge in [-0.15, -0.1) is 12.4 Å². The standard InChI is InChI=1S/C10H12N4O3.ClH/c15-10(8-1-5(2-12-8)14(16)17)13-9-6-3-11-4-7(6)9;/h1-2,6-7,9,11-12H,3-4H2,(H,13,15);1H. The summed E-state index contributed by atoms with van der Waals surface area (Å²) in [6.45, 7) is 1.89. The first-order valence-corrected chi connectivity index (χ1v) is 5.51. The van der Waals surface area contributed by atoms with Gasteiger partial charge < -0.3 is 15.6 Å². The number of nitrogens with zero attached hydrogens (tertiary/aromatic N) is 1. The molecule has 1 aromatic heterocycles. The minimum atomic E-state index is -0.525. The molecule has 1 amide bonds. The van der Waals surface area contributed by atoms with E-state index in [0.717, 1.165) is 13.1 Å². The number of carbonyl (C=O) groups excluding carboxylic acids is 1. The minimum Gasteiger partial charge on any atom is -0.351 e. The normalized spacial score (nSPS) is 28.1. The van der Waals surface area contributed by atoms with E-state index in [0.29, 0.717) is 11.8 Å². The molecule has 18 heavy (non-hydrogen) atoms. The van der Waals surface area contributed by atoms with E-state index in [1.807, 2.05) is 0 Å². The number of amides is 1.